The summed E-state index contributed by atoms with van der Waals surface area (Å²) >= 11 is 0. The molecule has 0 aliphatic heterocycles. The summed E-state index contributed by atoms with van der Waals surface area (Å²) in [7, 11) is 3.64. The van der Waals surface area contributed by atoms with Gasteiger partial charge in [-0.3, -0.25) is 0 Å². The molecule has 2 rings (SSSR count). The van der Waals surface area contributed by atoms with Crippen LogP contribution >= 0.6 is 0 Å². The topological polar surface area (TPSA) is 64.3 Å². The molecular weight excluding hydrogens is 240 g/mol. The molecule has 0 saturated carbocycles. The zero-order valence-electron chi connectivity index (χ0n) is 11.2. The molecule has 0 amide bonds. The summed E-state index contributed by atoms with van der Waals surface area (Å²) in [5.74, 6) is 1.68. The van der Waals surface area contributed by atoms with Gasteiger partial charge in [-0.15, -0.1) is 5.10 Å². The number of ether oxygens (including phenoxy) is 1. The summed E-state index contributed by atoms with van der Waals surface area (Å²) in [6, 6.07) is 9.86. The lowest BCUT2D eigenvalue weighted by atomic mass is 10.2. The molecule has 0 spiro atoms. The number of hydrogen-bond donors (Lipinski definition) is 1. The second kappa shape index (κ2) is 6.15. The van der Waals surface area contributed by atoms with Crippen LogP contribution in [0, 0.1) is 0 Å². The summed E-state index contributed by atoms with van der Waals surface area (Å²) < 4.78 is 5.14. The van der Waals surface area contributed by atoms with Gasteiger partial charge in [0.25, 0.3) is 0 Å². The lowest BCUT2D eigenvalue weighted by Crippen LogP contribution is -2.20. The smallest absolute Gasteiger partial charge is 0.155 e. The summed E-state index contributed by atoms with van der Waals surface area (Å²) in [6.07, 6.45) is 1.66. The molecule has 0 radical (unpaired) electrons. The van der Waals surface area contributed by atoms with E-state index >= 15 is 0 Å². The SMILES string of the molecule is COc1ccc(CN(C)c2nnccc2CN)cc1. The van der Waals surface area contributed by atoms with E-state index in [0.717, 1.165) is 23.7 Å². The van der Waals surface area contributed by atoms with Gasteiger partial charge in [0.1, 0.15) is 5.75 Å². The molecule has 0 unspecified atom stereocenters. The third kappa shape index (κ3) is 3.20. The maximum Gasteiger partial charge on any atom is 0.155 e. The Morgan fingerprint density at radius 2 is 1.95 bits per heavy atom. The second-order valence-electron chi connectivity index (χ2n) is 4.29. The van der Waals surface area contributed by atoms with Crippen molar-refractivity contribution in [2.45, 2.75) is 13.1 Å². The van der Waals surface area contributed by atoms with Gasteiger partial charge in [-0.25, -0.2) is 0 Å². The Kier molecular flexibility index (Phi) is 4.30. The van der Waals surface area contributed by atoms with Crippen molar-refractivity contribution in [1.82, 2.24) is 10.2 Å². The fourth-order valence-corrected chi connectivity index (χ4v) is 1.91. The highest BCUT2D eigenvalue weighted by Gasteiger charge is 2.08. The fourth-order valence-electron chi connectivity index (χ4n) is 1.91. The highest BCUT2D eigenvalue weighted by molar-refractivity contribution is 5.45. The maximum atomic E-state index is 5.71. The van der Waals surface area contributed by atoms with Crippen LogP contribution in [0.1, 0.15) is 11.1 Å². The minimum Gasteiger partial charge on any atom is -0.497 e. The van der Waals surface area contributed by atoms with E-state index < -0.39 is 0 Å². The first-order valence-corrected chi connectivity index (χ1v) is 6.09. The number of hydrogen-bond acceptors (Lipinski definition) is 5. The van der Waals surface area contributed by atoms with Crippen LogP contribution in [0.5, 0.6) is 5.75 Å². The van der Waals surface area contributed by atoms with Crippen LogP contribution in [0.3, 0.4) is 0 Å². The lowest BCUT2D eigenvalue weighted by molar-refractivity contribution is 0.414. The van der Waals surface area contributed by atoms with E-state index in [1.165, 1.54) is 5.56 Å². The van der Waals surface area contributed by atoms with Gasteiger partial charge in [-0.05, 0) is 23.8 Å². The molecule has 2 N–H and O–H groups in total. The van der Waals surface area contributed by atoms with E-state index in [-0.39, 0.29) is 0 Å². The Labute approximate surface area is 113 Å². The molecule has 1 aromatic heterocycles. The Morgan fingerprint density at radius 3 is 2.58 bits per heavy atom. The second-order valence-corrected chi connectivity index (χ2v) is 4.29. The summed E-state index contributed by atoms with van der Waals surface area (Å²) in [5.41, 5.74) is 7.88. The number of methoxy groups -OCH3 is 1. The maximum absolute atomic E-state index is 5.71. The predicted molar refractivity (Wildman–Crippen MR) is 75.0 cm³/mol. The zero-order valence-corrected chi connectivity index (χ0v) is 11.2. The van der Waals surface area contributed by atoms with Gasteiger partial charge in [-0.2, -0.15) is 5.10 Å². The largest absolute Gasteiger partial charge is 0.497 e. The van der Waals surface area contributed by atoms with Crippen LogP contribution in [-0.2, 0) is 13.1 Å². The van der Waals surface area contributed by atoms with Crippen LogP contribution in [0.2, 0.25) is 0 Å². The van der Waals surface area contributed by atoms with Gasteiger partial charge in [0.15, 0.2) is 5.82 Å². The molecule has 5 heteroatoms. The van der Waals surface area contributed by atoms with Crippen molar-refractivity contribution in [3.05, 3.63) is 47.7 Å². The summed E-state index contributed by atoms with van der Waals surface area (Å²) in [5, 5.41) is 8.07. The molecular formula is C14H18N4O. The van der Waals surface area contributed by atoms with Crippen molar-refractivity contribution in [1.29, 1.82) is 0 Å². The molecule has 0 aliphatic rings. The third-order valence-corrected chi connectivity index (χ3v) is 2.94. The van der Waals surface area contributed by atoms with Crippen LogP contribution in [0.25, 0.3) is 0 Å². The van der Waals surface area contributed by atoms with E-state index in [4.69, 9.17) is 10.5 Å². The Balaban J connectivity index is 2.13. The molecule has 2 aromatic rings. The number of rotatable bonds is 5. The average molecular weight is 258 g/mol. The van der Waals surface area contributed by atoms with E-state index in [9.17, 15) is 0 Å². The van der Waals surface area contributed by atoms with Crippen LogP contribution in [0.15, 0.2) is 36.5 Å². The molecule has 0 saturated heterocycles. The Morgan fingerprint density at radius 1 is 1.21 bits per heavy atom. The van der Waals surface area contributed by atoms with E-state index in [1.54, 1.807) is 13.3 Å². The molecule has 19 heavy (non-hydrogen) atoms. The van der Waals surface area contributed by atoms with Crippen molar-refractivity contribution < 1.29 is 4.74 Å². The fraction of sp³-hybridized carbons (Fsp3) is 0.286. The van der Waals surface area contributed by atoms with Crippen molar-refractivity contribution >= 4 is 5.82 Å². The molecule has 0 fully saturated rings. The van der Waals surface area contributed by atoms with Crippen molar-refractivity contribution in [2.24, 2.45) is 5.73 Å². The molecule has 5 nitrogen and oxygen atoms in total. The average Bonchev–Trinajstić information content (AvgIpc) is 2.48. The standard InChI is InChI=1S/C14H18N4O/c1-18(14-12(9-15)7-8-16-17-14)10-11-3-5-13(19-2)6-4-11/h3-8H,9-10,15H2,1-2H3. The lowest BCUT2D eigenvalue weighted by Gasteiger charge is -2.20. The zero-order chi connectivity index (χ0) is 13.7. The van der Waals surface area contributed by atoms with E-state index in [2.05, 4.69) is 10.2 Å². The molecule has 0 aliphatic carbocycles. The Bertz CT molecular complexity index is 527. The van der Waals surface area contributed by atoms with Gasteiger partial charge in [-0.1, -0.05) is 12.1 Å². The highest BCUT2D eigenvalue weighted by atomic mass is 16.5. The predicted octanol–water partition coefficient (Wildman–Crippen LogP) is 1.58. The van der Waals surface area contributed by atoms with Gasteiger partial charge in [0.05, 0.1) is 13.3 Å². The molecule has 0 bridgehead atoms. The number of nitrogens with two attached hydrogens (primary N) is 1. The highest BCUT2D eigenvalue weighted by Crippen LogP contribution is 2.18. The monoisotopic (exact) mass is 258 g/mol. The van der Waals surface area contributed by atoms with Gasteiger partial charge in [0, 0.05) is 25.7 Å². The molecule has 100 valence electrons. The summed E-state index contributed by atoms with van der Waals surface area (Å²) in [6.45, 7) is 1.20. The molecule has 1 heterocycles. The third-order valence-electron chi connectivity index (χ3n) is 2.94. The molecule has 1 aromatic carbocycles. The van der Waals surface area contributed by atoms with Crippen molar-refractivity contribution in [3.8, 4) is 5.75 Å². The van der Waals surface area contributed by atoms with Crippen LogP contribution in [-0.4, -0.2) is 24.4 Å². The van der Waals surface area contributed by atoms with Crippen LogP contribution in [0.4, 0.5) is 5.82 Å². The first-order chi connectivity index (χ1) is 9.24. The summed E-state index contributed by atoms with van der Waals surface area (Å²) in [4.78, 5) is 2.04. The number of aromatic nitrogens is 2. The van der Waals surface area contributed by atoms with Crippen molar-refractivity contribution in [2.75, 3.05) is 19.1 Å². The van der Waals surface area contributed by atoms with E-state index in [0.29, 0.717) is 6.54 Å². The first kappa shape index (κ1) is 13.3. The van der Waals surface area contributed by atoms with Gasteiger partial charge < -0.3 is 15.4 Å². The van der Waals surface area contributed by atoms with Gasteiger partial charge in [0.2, 0.25) is 0 Å². The van der Waals surface area contributed by atoms with Gasteiger partial charge >= 0.3 is 0 Å². The number of nitrogens with zero attached hydrogens (tertiary/aromatic N) is 3. The van der Waals surface area contributed by atoms with Crippen LogP contribution < -0.4 is 15.4 Å². The Hall–Kier alpha value is -2.14. The quantitative estimate of drug-likeness (QED) is 0.882. The number of benzene rings is 1. The first-order valence-electron chi connectivity index (χ1n) is 6.09. The number of anilines is 1. The minimum absolute atomic E-state index is 0.456. The van der Waals surface area contributed by atoms with E-state index in [1.807, 2.05) is 42.3 Å². The van der Waals surface area contributed by atoms with Crippen molar-refractivity contribution in [3.63, 3.8) is 0 Å². The molecule has 0 atom stereocenters. The minimum atomic E-state index is 0.456. The normalized spacial score (nSPS) is 10.3.